The molecular weight excluding hydrogens is 285 g/mol. The first-order chi connectivity index (χ1) is 10.1. The van der Waals surface area contributed by atoms with Crippen molar-refractivity contribution < 1.29 is 9.13 Å². The summed E-state index contributed by atoms with van der Waals surface area (Å²) in [5, 5.41) is 0. The molecule has 1 aromatic carbocycles. The first kappa shape index (κ1) is 15.3. The zero-order chi connectivity index (χ0) is 14.9. The molecule has 0 amide bonds. The molecule has 116 valence electrons. The van der Waals surface area contributed by atoms with Crippen LogP contribution in [0.4, 0.5) is 4.39 Å². The van der Waals surface area contributed by atoms with Crippen LogP contribution in [-0.4, -0.2) is 23.7 Å². The Kier molecular flexibility index (Phi) is 4.57. The Morgan fingerprint density at radius 1 is 1.38 bits per heavy atom. The van der Waals surface area contributed by atoms with Crippen molar-refractivity contribution in [1.29, 1.82) is 0 Å². The van der Waals surface area contributed by atoms with E-state index in [-0.39, 0.29) is 17.5 Å². The summed E-state index contributed by atoms with van der Waals surface area (Å²) >= 11 is 2.00. The van der Waals surface area contributed by atoms with Gasteiger partial charge in [-0.25, -0.2) is 4.39 Å². The molecule has 3 rings (SSSR count). The Morgan fingerprint density at radius 2 is 2.14 bits per heavy atom. The van der Waals surface area contributed by atoms with Gasteiger partial charge in [0.05, 0.1) is 5.60 Å². The molecule has 0 aliphatic carbocycles. The molecule has 21 heavy (non-hydrogen) atoms. The molecular formula is C17H24FNOS. The maximum absolute atomic E-state index is 14.1. The molecule has 0 aromatic heterocycles. The minimum absolute atomic E-state index is 0.00604. The van der Waals surface area contributed by atoms with Crippen LogP contribution in [0.3, 0.4) is 0 Å². The molecule has 4 heteroatoms. The number of rotatable bonds is 2. The van der Waals surface area contributed by atoms with E-state index in [2.05, 4.69) is 0 Å². The summed E-state index contributed by atoms with van der Waals surface area (Å²) in [6.07, 6.45) is 4.12. The number of hydrogen-bond acceptors (Lipinski definition) is 3. The summed E-state index contributed by atoms with van der Waals surface area (Å²) in [6.45, 7) is 2.75. The number of benzene rings is 1. The predicted molar refractivity (Wildman–Crippen MR) is 86.0 cm³/mol. The van der Waals surface area contributed by atoms with Gasteiger partial charge in [0.1, 0.15) is 5.82 Å². The molecule has 2 unspecified atom stereocenters. The second kappa shape index (κ2) is 6.27. The van der Waals surface area contributed by atoms with Crippen molar-refractivity contribution in [2.45, 2.75) is 44.2 Å². The van der Waals surface area contributed by atoms with Crippen LogP contribution in [0.15, 0.2) is 18.2 Å². The van der Waals surface area contributed by atoms with E-state index in [0.29, 0.717) is 11.5 Å². The molecule has 2 fully saturated rings. The molecule has 1 aromatic rings. The normalized spacial score (nSPS) is 26.7. The Labute approximate surface area is 130 Å². The summed E-state index contributed by atoms with van der Waals surface area (Å²) in [5.74, 6) is 2.48. The standard InChI is InChI=1S/C17H24FNOS/c1-12-2-3-15(18)14(10-12)16(19)13-4-7-20-17(11-13)5-8-21-9-6-17/h2-3,10,13,16H,4-9,11,19H2,1H3. The smallest absolute Gasteiger partial charge is 0.127 e. The zero-order valence-corrected chi connectivity index (χ0v) is 13.4. The monoisotopic (exact) mass is 309 g/mol. The van der Waals surface area contributed by atoms with Gasteiger partial charge < -0.3 is 10.5 Å². The number of nitrogens with two attached hydrogens (primary N) is 1. The van der Waals surface area contributed by atoms with Gasteiger partial charge in [0.15, 0.2) is 0 Å². The third kappa shape index (κ3) is 3.27. The molecule has 2 nitrogen and oxygen atoms in total. The maximum atomic E-state index is 14.1. The Bertz CT molecular complexity index is 496. The molecule has 1 spiro atoms. The van der Waals surface area contributed by atoms with Crippen LogP contribution in [0.2, 0.25) is 0 Å². The van der Waals surface area contributed by atoms with E-state index >= 15 is 0 Å². The fourth-order valence-corrected chi connectivity index (χ4v) is 4.87. The van der Waals surface area contributed by atoms with Crippen molar-refractivity contribution >= 4 is 11.8 Å². The van der Waals surface area contributed by atoms with E-state index in [1.807, 2.05) is 24.8 Å². The molecule has 2 heterocycles. The Balaban J connectivity index is 1.77. The van der Waals surface area contributed by atoms with Crippen molar-refractivity contribution in [3.05, 3.63) is 35.1 Å². The molecule has 2 aliphatic rings. The van der Waals surface area contributed by atoms with E-state index in [1.54, 1.807) is 6.07 Å². The number of aryl methyl sites for hydroxylation is 1. The van der Waals surface area contributed by atoms with Gasteiger partial charge in [-0.1, -0.05) is 17.7 Å². The van der Waals surface area contributed by atoms with Crippen LogP contribution < -0.4 is 5.73 Å². The van der Waals surface area contributed by atoms with Gasteiger partial charge in [-0.05, 0) is 56.1 Å². The average molecular weight is 309 g/mol. The van der Waals surface area contributed by atoms with Crippen LogP contribution in [0.1, 0.15) is 42.9 Å². The van der Waals surface area contributed by atoms with Gasteiger partial charge in [0, 0.05) is 18.2 Å². The molecule has 2 N–H and O–H groups in total. The highest BCUT2D eigenvalue weighted by atomic mass is 32.2. The van der Waals surface area contributed by atoms with E-state index < -0.39 is 0 Å². The van der Waals surface area contributed by atoms with Crippen molar-refractivity contribution in [3.8, 4) is 0 Å². The van der Waals surface area contributed by atoms with E-state index in [9.17, 15) is 4.39 Å². The number of hydrogen-bond donors (Lipinski definition) is 1. The van der Waals surface area contributed by atoms with Gasteiger partial charge in [-0.15, -0.1) is 0 Å². The third-order valence-electron chi connectivity index (χ3n) is 4.95. The summed E-state index contributed by atoms with van der Waals surface area (Å²) in [4.78, 5) is 0. The van der Waals surface area contributed by atoms with Gasteiger partial charge >= 0.3 is 0 Å². The number of ether oxygens (including phenoxy) is 1. The van der Waals surface area contributed by atoms with Crippen LogP contribution in [0.25, 0.3) is 0 Å². The molecule has 2 aliphatic heterocycles. The van der Waals surface area contributed by atoms with Crippen LogP contribution in [0, 0.1) is 18.7 Å². The molecule has 0 saturated carbocycles. The fourth-order valence-electron chi connectivity index (χ4n) is 3.64. The van der Waals surface area contributed by atoms with Crippen molar-refractivity contribution in [2.24, 2.45) is 11.7 Å². The minimum Gasteiger partial charge on any atom is -0.375 e. The Hall–Kier alpha value is -0.580. The number of halogens is 1. The van der Waals surface area contributed by atoms with Crippen LogP contribution >= 0.6 is 11.8 Å². The lowest BCUT2D eigenvalue weighted by Crippen LogP contribution is -2.45. The quantitative estimate of drug-likeness (QED) is 0.902. The molecule has 0 radical (unpaired) electrons. The van der Waals surface area contributed by atoms with E-state index in [1.165, 1.54) is 17.6 Å². The largest absolute Gasteiger partial charge is 0.375 e. The Morgan fingerprint density at radius 3 is 2.90 bits per heavy atom. The van der Waals surface area contributed by atoms with E-state index in [0.717, 1.165) is 37.9 Å². The molecule has 2 saturated heterocycles. The lowest BCUT2D eigenvalue weighted by atomic mass is 9.77. The highest BCUT2D eigenvalue weighted by molar-refractivity contribution is 7.99. The second-order valence-corrected chi connectivity index (χ2v) is 7.67. The maximum Gasteiger partial charge on any atom is 0.127 e. The summed E-state index contributed by atoms with van der Waals surface area (Å²) in [7, 11) is 0. The summed E-state index contributed by atoms with van der Waals surface area (Å²) < 4.78 is 20.2. The van der Waals surface area contributed by atoms with Crippen LogP contribution in [-0.2, 0) is 4.74 Å². The summed E-state index contributed by atoms with van der Waals surface area (Å²) in [6, 6.07) is 5.02. The van der Waals surface area contributed by atoms with Crippen molar-refractivity contribution in [3.63, 3.8) is 0 Å². The predicted octanol–water partition coefficient (Wildman–Crippen LogP) is 3.83. The van der Waals surface area contributed by atoms with Gasteiger partial charge in [-0.2, -0.15) is 11.8 Å². The van der Waals surface area contributed by atoms with Crippen LogP contribution in [0.5, 0.6) is 0 Å². The zero-order valence-electron chi connectivity index (χ0n) is 12.6. The lowest BCUT2D eigenvalue weighted by molar-refractivity contribution is -0.106. The van der Waals surface area contributed by atoms with Gasteiger partial charge in [-0.3, -0.25) is 0 Å². The first-order valence-electron chi connectivity index (χ1n) is 7.83. The highest BCUT2D eigenvalue weighted by Gasteiger charge is 2.40. The first-order valence-corrected chi connectivity index (χ1v) is 8.98. The minimum atomic E-state index is -0.222. The molecule has 0 bridgehead atoms. The van der Waals surface area contributed by atoms with Crippen molar-refractivity contribution in [1.82, 2.24) is 0 Å². The third-order valence-corrected chi connectivity index (χ3v) is 5.94. The van der Waals surface area contributed by atoms with E-state index in [4.69, 9.17) is 10.5 Å². The fraction of sp³-hybridized carbons (Fsp3) is 0.647. The van der Waals surface area contributed by atoms with Crippen molar-refractivity contribution in [2.75, 3.05) is 18.1 Å². The SMILES string of the molecule is Cc1ccc(F)c(C(N)C2CCOC3(CCSCC3)C2)c1. The second-order valence-electron chi connectivity index (χ2n) is 6.45. The van der Waals surface area contributed by atoms with Gasteiger partial charge in [0.25, 0.3) is 0 Å². The highest BCUT2D eigenvalue weighted by Crippen LogP contribution is 2.43. The molecule has 2 atom stereocenters. The lowest BCUT2D eigenvalue weighted by Gasteiger charge is -2.44. The summed E-state index contributed by atoms with van der Waals surface area (Å²) in [5.41, 5.74) is 8.17. The number of thioether (sulfide) groups is 1. The van der Waals surface area contributed by atoms with Gasteiger partial charge in [0.2, 0.25) is 0 Å². The topological polar surface area (TPSA) is 35.2 Å². The average Bonchev–Trinajstić information content (AvgIpc) is 2.50.